The van der Waals surface area contributed by atoms with Crippen molar-refractivity contribution < 1.29 is 14.4 Å². The van der Waals surface area contributed by atoms with Crippen LogP contribution in [0.2, 0.25) is 0 Å². The Morgan fingerprint density at radius 1 is 1.64 bits per heavy atom. The highest BCUT2D eigenvalue weighted by Crippen LogP contribution is 2.29. The topological polar surface area (TPSA) is 79.5 Å². The molecule has 2 rings (SSSR count). The van der Waals surface area contributed by atoms with Crippen LogP contribution in [0.1, 0.15) is 31.2 Å². The smallest absolute Gasteiger partial charge is 0.407 e. The van der Waals surface area contributed by atoms with Crippen molar-refractivity contribution in [3.63, 3.8) is 0 Å². The third-order valence-corrected chi connectivity index (χ3v) is 2.41. The molecule has 1 aliphatic heterocycles. The van der Waals surface area contributed by atoms with Crippen molar-refractivity contribution in [2.45, 2.75) is 25.3 Å². The quantitative estimate of drug-likeness (QED) is 0.733. The van der Waals surface area contributed by atoms with Gasteiger partial charge in [-0.3, -0.25) is 4.90 Å². The zero-order valence-electron chi connectivity index (χ0n) is 7.59. The van der Waals surface area contributed by atoms with Gasteiger partial charge in [0.2, 0.25) is 5.89 Å². The second kappa shape index (κ2) is 3.65. The third-order valence-electron chi connectivity index (χ3n) is 2.41. The van der Waals surface area contributed by atoms with E-state index < -0.39 is 6.09 Å². The van der Waals surface area contributed by atoms with E-state index in [1.54, 1.807) is 0 Å². The maximum Gasteiger partial charge on any atom is 0.407 e. The van der Waals surface area contributed by atoms with Crippen LogP contribution in [0.15, 0.2) is 10.9 Å². The van der Waals surface area contributed by atoms with Crippen molar-refractivity contribution in [1.29, 1.82) is 0 Å². The van der Waals surface area contributed by atoms with E-state index in [9.17, 15) is 4.79 Å². The molecule has 1 N–H and O–H groups in total. The van der Waals surface area contributed by atoms with Crippen molar-refractivity contribution in [1.82, 2.24) is 15.0 Å². The van der Waals surface area contributed by atoms with Crippen LogP contribution in [-0.4, -0.2) is 32.8 Å². The largest absolute Gasteiger partial charge is 0.465 e. The van der Waals surface area contributed by atoms with Gasteiger partial charge in [0.1, 0.15) is 6.04 Å². The number of nitrogens with zero attached hydrogens (tertiary/aromatic N) is 3. The van der Waals surface area contributed by atoms with Gasteiger partial charge < -0.3 is 9.63 Å². The summed E-state index contributed by atoms with van der Waals surface area (Å²) in [4.78, 5) is 16.1. The lowest BCUT2D eigenvalue weighted by Crippen LogP contribution is -2.37. The highest BCUT2D eigenvalue weighted by Gasteiger charge is 2.31. The molecular formula is C8H11N3O3. The molecule has 1 aromatic heterocycles. The predicted molar refractivity (Wildman–Crippen MR) is 45.6 cm³/mol. The SMILES string of the molecule is O=C(O)N1CCCCC1c1ncno1. The normalized spacial score (nSPS) is 22.3. The summed E-state index contributed by atoms with van der Waals surface area (Å²) in [5.41, 5.74) is 0. The molecule has 1 amide bonds. The Morgan fingerprint density at radius 3 is 3.14 bits per heavy atom. The Labute approximate surface area is 80.5 Å². The molecule has 6 nitrogen and oxygen atoms in total. The number of hydrogen-bond donors (Lipinski definition) is 1. The molecule has 76 valence electrons. The second-order valence-corrected chi connectivity index (χ2v) is 3.27. The zero-order valence-corrected chi connectivity index (χ0v) is 7.59. The number of rotatable bonds is 1. The van der Waals surface area contributed by atoms with E-state index in [1.807, 2.05) is 0 Å². The molecule has 1 saturated heterocycles. The fraction of sp³-hybridized carbons (Fsp3) is 0.625. The predicted octanol–water partition coefficient (Wildman–Crippen LogP) is 1.27. The van der Waals surface area contributed by atoms with Crippen molar-refractivity contribution in [3.05, 3.63) is 12.2 Å². The minimum Gasteiger partial charge on any atom is -0.465 e. The average molecular weight is 197 g/mol. The molecule has 0 radical (unpaired) electrons. The molecular weight excluding hydrogens is 186 g/mol. The summed E-state index contributed by atoms with van der Waals surface area (Å²) in [6.07, 6.45) is 3.03. The first-order chi connectivity index (χ1) is 6.79. The molecule has 0 aromatic carbocycles. The van der Waals surface area contributed by atoms with Crippen LogP contribution in [0, 0.1) is 0 Å². The van der Waals surface area contributed by atoms with Crippen molar-refractivity contribution in [2.24, 2.45) is 0 Å². The Morgan fingerprint density at radius 2 is 2.50 bits per heavy atom. The summed E-state index contributed by atoms with van der Waals surface area (Å²) >= 11 is 0. The fourth-order valence-corrected chi connectivity index (χ4v) is 1.75. The number of carbonyl (C=O) groups is 1. The number of likely N-dealkylation sites (tertiary alicyclic amines) is 1. The summed E-state index contributed by atoms with van der Waals surface area (Å²) in [5, 5.41) is 12.4. The standard InChI is InChI=1S/C8H11N3O3/c12-8(13)11-4-2-1-3-6(11)7-9-5-10-14-7/h5-6H,1-4H2,(H,12,13). The second-order valence-electron chi connectivity index (χ2n) is 3.27. The fourth-order valence-electron chi connectivity index (χ4n) is 1.75. The van der Waals surface area contributed by atoms with Crippen LogP contribution in [0.4, 0.5) is 4.79 Å². The summed E-state index contributed by atoms with van der Waals surface area (Å²) in [6.45, 7) is 0.544. The van der Waals surface area contributed by atoms with Gasteiger partial charge in [-0.05, 0) is 19.3 Å². The molecule has 0 saturated carbocycles. The molecule has 0 spiro atoms. The van der Waals surface area contributed by atoms with E-state index in [4.69, 9.17) is 9.63 Å². The lowest BCUT2D eigenvalue weighted by molar-refractivity contribution is 0.0932. The Bertz CT molecular complexity index is 312. The van der Waals surface area contributed by atoms with Crippen LogP contribution >= 0.6 is 0 Å². The molecule has 14 heavy (non-hydrogen) atoms. The van der Waals surface area contributed by atoms with Gasteiger partial charge in [-0.25, -0.2) is 4.79 Å². The van der Waals surface area contributed by atoms with Gasteiger partial charge in [0, 0.05) is 6.54 Å². The summed E-state index contributed by atoms with van der Waals surface area (Å²) in [7, 11) is 0. The van der Waals surface area contributed by atoms with Crippen LogP contribution in [0.25, 0.3) is 0 Å². The van der Waals surface area contributed by atoms with Gasteiger partial charge in [-0.1, -0.05) is 5.16 Å². The molecule has 1 aromatic rings. The molecule has 6 heteroatoms. The number of amides is 1. The maximum absolute atomic E-state index is 10.9. The van der Waals surface area contributed by atoms with Crippen LogP contribution in [-0.2, 0) is 0 Å². The molecule has 0 bridgehead atoms. The van der Waals surface area contributed by atoms with Crippen molar-refractivity contribution in [3.8, 4) is 0 Å². The molecule has 2 heterocycles. The first-order valence-electron chi connectivity index (χ1n) is 4.55. The Hall–Kier alpha value is -1.59. The Kier molecular flexibility index (Phi) is 2.34. The van der Waals surface area contributed by atoms with E-state index in [-0.39, 0.29) is 6.04 Å². The zero-order chi connectivity index (χ0) is 9.97. The lowest BCUT2D eigenvalue weighted by Gasteiger charge is -2.30. The number of piperidine rings is 1. The lowest BCUT2D eigenvalue weighted by atomic mass is 10.0. The number of carboxylic acid groups (broad SMARTS) is 1. The van der Waals surface area contributed by atoms with Gasteiger partial charge >= 0.3 is 6.09 Å². The first-order valence-corrected chi connectivity index (χ1v) is 4.55. The van der Waals surface area contributed by atoms with Gasteiger partial charge in [0.05, 0.1) is 0 Å². The van der Waals surface area contributed by atoms with Crippen LogP contribution in [0.5, 0.6) is 0 Å². The van der Waals surface area contributed by atoms with Gasteiger partial charge in [0.25, 0.3) is 0 Å². The van der Waals surface area contributed by atoms with E-state index in [1.165, 1.54) is 11.2 Å². The van der Waals surface area contributed by atoms with E-state index in [0.717, 1.165) is 19.3 Å². The monoisotopic (exact) mass is 197 g/mol. The highest BCUT2D eigenvalue weighted by atomic mass is 16.5. The van der Waals surface area contributed by atoms with Crippen LogP contribution < -0.4 is 0 Å². The highest BCUT2D eigenvalue weighted by molar-refractivity contribution is 5.65. The molecule has 1 atom stereocenters. The third kappa shape index (κ3) is 1.55. The van der Waals surface area contributed by atoms with Crippen molar-refractivity contribution in [2.75, 3.05) is 6.54 Å². The number of aromatic nitrogens is 2. The summed E-state index contributed by atoms with van der Waals surface area (Å²) < 4.78 is 4.89. The van der Waals surface area contributed by atoms with Crippen LogP contribution in [0.3, 0.4) is 0 Å². The molecule has 1 unspecified atom stereocenters. The van der Waals surface area contributed by atoms with Gasteiger partial charge in [-0.2, -0.15) is 4.98 Å². The minimum absolute atomic E-state index is 0.260. The maximum atomic E-state index is 10.9. The summed E-state index contributed by atoms with van der Waals surface area (Å²) in [5.74, 6) is 0.395. The average Bonchev–Trinajstić information content (AvgIpc) is 2.70. The van der Waals surface area contributed by atoms with Gasteiger partial charge in [0.15, 0.2) is 6.33 Å². The molecule has 0 aliphatic carbocycles. The molecule has 1 aliphatic rings. The number of hydrogen-bond acceptors (Lipinski definition) is 4. The van der Waals surface area contributed by atoms with E-state index in [2.05, 4.69) is 10.1 Å². The van der Waals surface area contributed by atoms with Gasteiger partial charge in [-0.15, -0.1) is 0 Å². The van der Waals surface area contributed by atoms with Crippen molar-refractivity contribution >= 4 is 6.09 Å². The summed E-state index contributed by atoms with van der Waals surface area (Å²) in [6, 6.07) is -0.260. The molecule has 1 fully saturated rings. The first kappa shape index (κ1) is 8.98. The Balaban J connectivity index is 2.18. The van der Waals surface area contributed by atoms with E-state index in [0.29, 0.717) is 12.4 Å². The van der Waals surface area contributed by atoms with E-state index >= 15 is 0 Å². The minimum atomic E-state index is -0.923.